The number of aromatic nitrogens is 1. The van der Waals surface area contributed by atoms with E-state index in [9.17, 15) is 14.4 Å². The number of ketones is 1. The first-order chi connectivity index (χ1) is 11.1. The van der Waals surface area contributed by atoms with Gasteiger partial charge in [-0.15, -0.1) is 0 Å². The molecule has 1 aromatic heterocycles. The number of pyridine rings is 1. The molecule has 1 aliphatic rings. The molecule has 0 spiro atoms. The second-order valence-corrected chi connectivity index (χ2v) is 4.93. The number of rotatable bonds is 1. The van der Waals surface area contributed by atoms with Gasteiger partial charge in [0.2, 0.25) is 0 Å². The molecule has 0 radical (unpaired) electrons. The molecule has 118 valence electrons. The quantitative estimate of drug-likeness (QED) is 0.844. The average molecular weight is 312 g/mol. The number of imide groups is 1. The van der Waals surface area contributed by atoms with Crippen LogP contribution in [0.15, 0.2) is 48.8 Å². The van der Waals surface area contributed by atoms with Crippen LogP contribution in [0, 0.1) is 0 Å². The van der Waals surface area contributed by atoms with Crippen molar-refractivity contribution in [3.63, 3.8) is 0 Å². The molecule has 2 N–H and O–H groups in total. The van der Waals surface area contributed by atoms with Crippen molar-refractivity contribution in [2.45, 2.75) is 19.3 Å². The smallest absolute Gasteiger partial charge is 0.411 e. The first kappa shape index (κ1) is 16.4. The number of carboxylic acid groups (broad SMARTS) is 1. The van der Waals surface area contributed by atoms with E-state index < -0.39 is 12.0 Å². The summed E-state index contributed by atoms with van der Waals surface area (Å²) in [4.78, 5) is 35.9. The molecule has 0 saturated carbocycles. The summed E-state index contributed by atoms with van der Waals surface area (Å²) in [5.74, 6) is -0.336. The zero-order chi connectivity index (χ0) is 16.7. The molecule has 1 aromatic carbocycles. The Hall–Kier alpha value is -3.02. The second-order valence-electron chi connectivity index (χ2n) is 4.93. The minimum Gasteiger partial charge on any atom is -0.465 e. The summed E-state index contributed by atoms with van der Waals surface area (Å²) in [7, 11) is 0. The van der Waals surface area contributed by atoms with Crippen LogP contribution in [0.4, 0.5) is 4.79 Å². The van der Waals surface area contributed by atoms with E-state index in [0.717, 1.165) is 24.8 Å². The predicted octanol–water partition coefficient (Wildman–Crippen LogP) is 2.70. The first-order valence-corrected chi connectivity index (χ1v) is 7.13. The topological polar surface area (TPSA) is 96.4 Å². The summed E-state index contributed by atoms with van der Waals surface area (Å²) in [6.07, 6.45) is 4.29. The van der Waals surface area contributed by atoms with Gasteiger partial charge >= 0.3 is 6.09 Å². The normalized spacial score (nSPS) is 12.4. The Labute approximate surface area is 133 Å². The number of fused-ring (bicyclic) bond motifs is 1. The molecular weight excluding hydrogens is 296 g/mol. The Bertz CT molecular complexity index is 714. The third-order valence-electron chi connectivity index (χ3n) is 3.33. The fraction of sp³-hybridized carbons (Fsp3) is 0.176. The van der Waals surface area contributed by atoms with Crippen molar-refractivity contribution in [1.82, 2.24) is 10.3 Å². The SMILES string of the molecule is O=C(O)NC(=O)c1ccncc1.O=C1CCCc2ccccc21. The van der Waals surface area contributed by atoms with E-state index in [1.54, 1.807) is 5.32 Å². The zero-order valence-corrected chi connectivity index (χ0v) is 12.4. The number of nitrogens with one attached hydrogen (secondary N) is 1. The molecule has 6 heteroatoms. The molecule has 2 aromatic rings. The van der Waals surface area contributed by atoms with Crippen LogP contribution in [0.2, 0.25) is 0 Å². The van der Waals surface area contributed by atoms with Gasteiger partial charge in [-0.1, -0.05) is 24.3 Å². The number of hydrogen-bond donors (Lipinski definition) is 2. The number of hydrogen-bond acceptors (Lipinski definition) is 4. The number of Topliss-reactive ketones (excluding diaryl/α,β-unsaturated/α-hetero) is 1. The van der Waals surface area contributed by atoms with Crippen molar-refractivity contribution in [3.8, 4) is 0 Å². The molecule has 2 amide bonds. The molecule has 23 heavy (non-hydrogen) atoms. The van der Waals surface area contributed by atoms with E-state index in [4.69, 9.17) is 5.11 Å². The predicted molar refractivity (Wildman–Crippen MR) is 83.4 cm³/mol. The third-order valence-corrected chi connectivity index (χ3v) is 3.33. The first-order valence-electron chi connectivity index (χ1n) is 7.13. The van der Waals surface area contributed by atoms with Crippen molar-refractivity contribution in [2.75, 3.05) is 0 Å². The minimum absolute atomic E-state index is 0.271. The number of nitrogens with zero attached hydrogens (tertiary/aromatic N) is 1. The Morgan fingerprint density at radius 1 is 1.04 bits per heavy atom. The number of carbonyl (C=O) groups is 3. The highest BCUT2D eigenvalue weighted by Gasteiger charge is 2.15. The van der Waals surface area contributed by atoms with E-state index in [0.29, 0.717) is 5.78 Å². The van der Waals surface area contributed by atoms with Crippen molar-refractivity contribution in [1.29, 1.82) is 0 Å². The van der Waals surface area contributed by atoms with Crippen molar-refractivity contribution >= 4 is 17.8 Å². The number of carbonyl (C=O) groups excluding carboxylic acids is 2. The maximum Gasteiger partial charge on any atom is 0.411 e. The highest BCUT2D eigenvalue weighted by molar-refractivity contribution is 6.02. The number of amides is 2. The fourth-order valence-corrected chi connectivity index (χ4v) is 2.26. The highest BCUT2D eigenvalue weighted by atomic mass is 16.4. The van der Waals surface area contributed by atoms with Crippen molar-refractivity contribution < 1.29 is 19.5 Å². The number of aryl methyl sites for hydroxylation is 1. The second kappa shape index (κ2) is 7.84. The molecular formula is C17H16N2O4. The summed E-state index contributed by atoms with van der Waals surface area (Å²) in [6, 6.07) is 10.8. The van der Waals surface area contributed by atoms with E-state index >= 15 is 0 Å². The van der Waals surface area contributed by atoms with E-state index in [-0.39, 0.29) is 5.56 Å². The van der Waals surface area contributed by atoms with Gasteiger partial charge in [0.15, 0.2) is 5.78 Å². The maximum absolute atomic E-state index is 11.3. The van der Waals surface area contributed by atoms with Crippen LogP contribution >= 0.6 is 0 Å². The lowest BCUT2D eigenvalue weighted by molar-refractivity contribution is 0.0944. The van der Waals surface area contributed by atoms with Gasteiger partial charge < -0.3 is 5.11 Å². The average Bonchev–Trinajstić information content (AvgIpc) is 2.56. The molecule has 6 nitrogen and oxygen atoms in total. The molecule has 1 aliphatic carbocycles. The molecule has 0 bridgehead atoms. The Kier molecular flexibility index (Phi) is 5.57. The summed E-state index contributed by atoms with van der Waals surface area (Å²) in [5, 5.41) is 9.91. The van der Waals surface area contributed by atoms with Gasteiger partial charge in [0.1, 0.15) is 0 Å². The van der Waals surface area contributed by atoms with Crippen LogP contribution in [0.5, 0.6) is 0 Å². The minimum atomic E-state index is -1.36. The van der Waals surface area contributed by atoms with Crippen LogP contribution in [0.25, 0.3) is 0 Å². The van der Waals surface area contributed by atoms with Crippen LogP contribution in [0.3, 0.4) is 0 Å². The molecule has 0 aliphatic heterocycles. The molecule has 0 fully saturated rings. The van der Waals surface area contributed by atoms with Crippen molar-refractivity contribution in [2.24, 2.45) is 0 Å². The third kappa shape index (κ3) is 4.74. The van der Waals surface area contributed by atoms with Gasteiger partial charge in [-0.25, -0.2) is 4.79 Å². The molecule has 0 saturated heterocycles. The summed E-state index contributed by atoms with van der Waals surface area (Å²) < 4.78 is 0. The van der Waals surface area contributed by atoms with Gasteiger partial charge in [-0.05, 0) is 30.5 Å². The van der Waals surface area contributed by atoms with E-state index in [2.05, 4.69) is 4.98 Å². The summed E-state index contributed by atoms with van der Waals surface area (Å²) in [5.41, 5.74) is 2.44. The fourth-order valence-electron chi connectivity index (χ4n) is 2.26. The van der Waals surface area contributed by atoms with Gasteiger partial charge in [0, 0.05) is 29.9 Å². The van der Waals surface area contributed by atoms with Gasteiger partial charge in [-0.3, -0.25) is 19.9 Å². The lowest BCUT2D eigenvalue weighted by Gasteiger charge is -2.12. The van der Waals surface area contributed by atoms with E-state index in [1.165, 1.54) is 30.1 Å². The van der Waals surface area contributed by atoms with Gasteiger partial charge in [-0.2, -0.15) is 0 Å². The van der Waals surface area contributed by atoms with Crippen LogP contribution in [-0.2, 0) is 6.42 Å². The molecule has 3 rings (SSSR count). The zero-order valence-electron chi connectivity index (χ0n) is 12.4. The monoisotopic (exact) mass is 312 g/mol. The van der Waals surface area contributed by atoms with Crippen molar-refractivity contribution in [3.05, 3.63) is 65.5 Å². The largest absolute Gasteiger partial charge is 0.465 e. The lowest BCUT2D eigenvalue weighted by atomic mass is 9.91. The lowest BCUT2D eigenvalue weighted by Crippen LogP contribution is -2.28. The highest BCUT2D eigenvalue weighted by Crippen LogP contribution is 2.19. The molecule has 1 heterocycles. The van der Waals surface area contributed by atoms with Crippen LogP contribution in [-0.4, -0.2) is 27.9 Å². The Morgan fingerprint density at radius 2 is 1.74 bits per heavy atom. The molecule has 0 unspecified atom stereocenters. The summed E-state index contributed by atoms with van der Waals surface area (Å²) in [6.45, 7) is 0. The Morgan fingerprint density at radius 3 is 2.39 bits per heavy atom. The van der Waals surface area contributed by atoms with Crippen LogP contribution in [0.1, 0.15) is 39.1 Å². The molecule has 0 atom stereocenters. The van der Waals surface area contributed by atoms with Gasteiger partial charge in [0.25, 0.3) is 5.91 Å². The standard InChI is InChI=1S/C10H10O.C7H6N2O3/c11-10-7-3-5-8-4-1-2-6-9(8)10;10-6(9-7(11)12)5-1-3-8-4-2-5/h1-2,4,6H,3,5,7H2;1-4H,(H,9,10)(H,11,12). The van der Waals surface area contributed by atoms with E-state index in [1.807, 2.05) is 24.3 Å². The maximum atomic E-state index is 11.3. The van der Waals surface area contributed by atoms with Gasteiger partial charge in [0.05, 0.1) is 0 Å². The number of benzene rings is 1. The Balaban J connectivity index is 0.000000167. The van der Waals surface area contributed by atoms with Crippen LogP contribution < -0.4 is 5.32 Å². The summed E-state index contributed by atoms with van der Waals surface area (Å²) >= 11 is 0.